The Labute approximate surface area is 164 Å². The van der Waals surface area contributed by atoms with Crippen LogP contribution in [0, 0.1) is 5.92 Å². The van der Waals surface area contributed by atoms with E-state index in [1.165, 1.54) is 19.1 Å². The topological polar surface area (TPSA) is 83.5 Å². The third-order valence-corrected chi connectivity index (χ3v) is 4.41. The Bertz CT molecular complexity index is 664. The van der Waals surface area contributed by atoms with Gasteiger partial charge in [0, 0.05) is 14.2 Å². The minimum atomic E-state index is -0.825. The number of nitrogens with zero attached hydrogens (tertiary/aromatic N) is 1. The molecule has 0 N–H and O–H groups in total. The summed E-state index contributed by atoms with van der Waals surface area (Å²) < 4.78 is 25.7. The van der Waals surface area contributed by atoms with E-state index in [9.17, 15) is 9.59 Å². The summed E-state index contributed by atoms with van der Waals surface area (Å²) in [5.41, 5.74) is 1.52. The summed E-state index contributed by atoms with van der Waals surface area (Å²) >= 11 is 0. The zero-order valence-corrected chi connectivity index (χ0v) is 16.5. The van der Waals surface area contributed by atoms with Crippen LogP contribution in [0.4, 0.5) is 4.79 Å². The Morgan fingerprint density at radius 1 is 1.21 bits per heavy atom. The fourth-order valence-electron chi connectivity index (χ4n) is 3.11. The second-order valence-electron chi connectivity index (χ2n) is 6.46. The maximum Gasteiger partial charge on any atom is 0.508 e. The van der Waals surface area contributed by atoms with Crippen molar-refractivity contribution < 1.29 is 33.3 Å². The number of carbonyl (C=O) groups is 2. The molecule has 0 aliphatic carbocycles. The van der Waals surface area contributed by atoms with Crippen LogP contribution < -0.4 is 0 Å². The molecule has 8 nitrogen and oxygen atoms in total. The van der Waals surface area contributed by atoms with Gasteiger partial charge in [-0.1, -0.05) is 36.9 Å². The van der Waals surface area contributed by atoms with E-state index >= 15 is 0 Å². The Morgan fingerprint density at radius 3 is 2.57 bits per heavy atom. The van der Waals surface area contributed by atoms with Gasteiger partial charge in [-0.2, -0.15) is 0 Å². The number of rotatable bonds is 11. The highest BCUT2D eigenvalue weighted by atomic mass is 16.7. The highest BCUT2D eigenvalue weighted by Gasteiger charge is 2.52. The lowest BCUT2D eigenvalue weighted by Crippen LogP contribution is -2.65. The van der Waals surface area contributed by atoms with E-state index in [1.807, 2.05) is 30.3 Å². The number of hydrogen-bond acceptors (Lipinski definition) is 7. The first-order valence-electron chi connectivity index (χ1n) is 8.90. The zero-order chi connectivity index (χ0) is 20.5. The maximum absolute atomic E-state index is 12.5. The van der Waals surface area contributed by atoms with E-state index in [-0.39, 0.29) is 38.7 Å². The molecule has 1 aliphatic heterocycles. The molecule has 0 aromatic heterocycles. The average Bonchev–Trinajstić information content (AvgIpc) is 2.69. The summed E-state index contributed by atoms with van der Waals surface area (Å²) in [6.45, 7) is 6.21. The van der Waals surface area contributed by atoms with Crippen LogP contribution in [-0.4, -0.2) is 63.5 Å². The fraction of sp³-hybridized carbons (Fsp3) is 0.500. The first-order valence-corrected chi connectivity index (χ1v) is 8.90. The quantitative estimate of drug-likeness (QED) is 0.188. The van der Waals surface area contributed by atoms with Crippen molar-refractivity contribution in [3.8, 4) is 0 Å². The number of β-lactam (4-membered cyclic amide) rings is 1. The van der Waals surface area contributed by atoms with Gasteiger partial charge in [0.05, 0.1) is 18.6 Å². The lowest BCUT2D eigenvalue weighted by Gasteiger charge is -2.49. The second-order valence-corrected chi connectivity index (χ2v) is 6.46. The molecule has 0 saturated carbocycles. The molecule has 1 saturated heterocycles. The van der Waals surface area contributed by atoms with Gasteiger partial charge < -0.3 is 28.6 Å². The van der Waals surface area contributed by atoms with E-state index in [4.69, 9.17) is 23.7 Å². The molecule has 1 aromatic rings. The van der Waals surface area contributed by atoms with Gasteiger partial charge in [-0.15, -0.1) is 0 Å². The lowest BCUT2D eigenvalue weighted by atomic mass is 9.80. The molecule has 1 aromatic carbocycles. The van der Waals surface area contributed by atoms with Crippen LogP contribution >= 0.6 is 0 Å². The number of benzene rings is 1. The van der Waals surface area contributed by atoms with Gasteiger partial charge in [-0.3, -0.25) is 4.79 Å². The highest BCUT2D eigenvalue weighted by Crippen LogP contribution is 2.35. The van der Waals surface area contributed by atoms with E-state index in [0.717, 1.165) is 5.56 Å². The molecule has 154 valence electrons. The molecule has 1 aliphatic rings. The minimum Gasteiger partial charge on any atom is -0.430 e. The molecular weight excluding hydrogens is 366 g/mol. The molecule has 1 amide bonds. The number of hydrogen-bond donors (Lipinski definition) is 0. The van der Waals surface area contributed by atoms with Gasteiger partial charge in [0.25, 0.3) is 0 Å². The Kier molecular flexibility index (Phi) is 8.43. The molecular formula is C20H27NO7. The SMILES string of the molecule is C=C(COCOC)[C@@H]1[C@@H]([C@@H](C)OC(=O)OCc2ccccc2)C(=O)N1COC. The monoisotopic (exact) mass is 393 g/mol. The predicted molar refractivity (Wildman–Crippen MR) is 100 cm³/mol. The van der Waals surface area contributed by atoms with Crippen molar-refractivity contribution in [2.75, 3.05) is 34.4 Å². The molecule has 8 heteroatoms. The van der Waals surface area contributed by atoms with E-state index in [1.54, 1.807) is 6.92 Å². The summed E-state index contributed by atoms with van der Waals surface area (Å²) in [6.07, 6.45) is -1.51. The number of ether oxygens (including phenoxy) is 5. The van der Waals surface area contributed by atoms with Crippen LogP contribution in [0.25, 0.3) is 0 Å². The third kappa shape index (κ3) is 5.54. The fourth-order valence-corrected chi connectivity index (χ4v) is 3.11. The molecule has 28 heavy (non-hydrogen) atoms. The van der Waals surface area contributed by atoms with Crippen molar-refractivity contribution in [3.05, 3.63) is 48.0 Å². The van der Waals surface area contributed by atoms with Crippen molar-refractivity contribution in [3.63, 3.8) is 0 Å². The van der Waals surface area contributed by atoms with Crippen LogP contribution in [0.15, 0.2) is 42.5 Å². The Balaban J connectivity index is 1.92. The first-order chi connectivity index (χ1) is 13.5. The molecule has 1 fully saturated rings. The van der Waals surface area contributed by atoms with E-state index < -0.39 is 18.2 Å². The normalized spacial score (nSPS) is 19.7. The van der Waals surface area contributed by atoms with E-state index in [2.05, 4.69) is 6.58 Å². The van der Waals surface area contributed by atoms with Crippen LogP contribution in [0.3, 0.4) is 0 Å². The minimum absolute atomic E-state index is 0.0990. The summed E-state index contributed by atoms with van der Waals surface area (Å²) in [4.78, 5) is 26.0. The van der Waals surface area contributed by atoms with Gasteiger partial charge in [0.1, 0.15) is 26.2 Å². The number of likely N-dealkylation sites (tertiary alicyclic amines) is 1. The second kappa shape index (κ2) is 10.8. The molecule has 0 spiro atoms. The Morgan fingerprint density at radius 2 is 1.93 bits per heavy atom. The summed E-state index contributed by atoms with van der Waals surface area (Å²) in [7, 11) is 3.02. The molecule has 0 radical (unpaired) electrons. The molecule has 0 unspecified atom stereocenters. The van der Waals surface area contributed by atoms with Gasteiger partial charge in [0.15, 0.2) is 0 Å². The number of amides is 1. The smallest absolute Gasteiger partial charge is 0.430 e. The highest BCUT2D eigenvalue weighted by molar-refractivity contribution is 5.88. The maximum atomic E-state index is 12.5. The van der Waals surface area contributed by atoms with Crippen LogP contribution in [0.5, 0.6) is 0 Å². The zero-order valence-electron chi connectivity index (χ0n) is 16.5. The van der Waals surface area contributed by atoms with Crippen molar-refractivity contribution in [1.29, 1.82) is 0 Å². The van der Waals surface area contributed by atoms with Crippen LogP contribution in [-0.2, 0) is 35.1 Å². The molecule has 1 heterocycles. The molecule has 2 rings (SSSR count). The van der Waals surface area contributed by atoms with Gasteiger partial charge in [-0.25, -0.2) is 4.79 Å². The van der Waals surface area contributed by atoms with Crippen LogP contribution in [0.2, 0.25) is 0 Å². The summed E-state index contributed by atoms with van der Waals surface area (Å²) in [5, 5.41) is 0. The van der Waals surface area contributed by atoms with Crippen molar-refractivity contribution in [2.24, 2.45) is 5.92 Å². The Hall–Kier alpha value is -2.42. The standard InChI is InChI=1S/C20H27NO7/c1-14(10-26-13-25-4)18-17(19(22)21(18)12-24-3)15(2)28-20(23)27-11-16-8-6-5-7-9-16/h5-9,15,17-18H,1,10-13H2,2-4H3/t15-,17-,18-/m1/s1. The average molecular weight is 393 g/mol. The van der Waals surface area contributed by atoms with Crippen molar-refractivity contribution >= 4 is 12.1 Å². The molecule has 0 bridgehead atoms. The van der Waals surface area contributed by atoms with Gasteiger partial charge in [-0.05, 0) is 18.1 Å². The summed E-state index contributed by atoms with van der Waals surface area (Å²) in [6, 6.07) is 8.91. The first kappa shape index (κ1) is 21.9. The van der Waals surface area contributed by atoms with Gasteiger partial charge >= 0.3 is 6.16 Å². The van der Waals surface area contributed by atoms with Crippen molar-refractivity contribution in [1.82, 2.24) is 4.90 Å². The van der Waals surface area contributed by atoms with E-state index in [0.29, 0.717) is 5.57 Å². The lowest BCUT2D eigenvalue weighted by molar-refractivity contribution is -0.171. The van der Waals surface area contributed by atoms with Crippen molar-refractivity contribution in [2.45, 2.75) is 25.7 Å². The number of methoxy groups -OCH3 is 2. The predicted octanol–water partition coefficient (Wildman–Crippen LogP) is 2.34. The third-order valence-electron chi connectivity index (χ3n) is 4.41. The molecule has 3 atom stereocenters. The largest absolute Gasteiger partial charge is 0.508 e. The summed E-state index contributed by atoms with van der Waals surface area (Å²) in [5.74, 6) is -0.749. The van der Waals surface area contributed by atoms with Crippen LogP contribution in [0.1, 0.15) is 12.5 Å². The van der Waals surface area contributed by atoms with Gasteiger partial charge in [0.2, 0.25) is 5.91 Å². The number of carbonyl (C=O) groups excluding carboxylic acids is 2.